The van der Waals surface area contributed by atoms with Gasteiger partial charge in [-0.15, -0.1) is 0 Å². The summed E-state index contributed by atoms with van der Waals surface area (Å²) in [6.45, 7) is 23.7. The topological polar surface area (TPSA) is 157 Å². The Kier molecular flexibility index (Phi) is 11.6. The first-order valence-electron chi connectivity index (χ1n) is 17.3. The van der Waals surface area contributed by atoms with Crippen LogP contribution in [0.3, 0.4) is 0 Å². The van der Waals surface area contributed by atoms with Gasteiger partial charge in [0.15, 0.2) is 13.9 Å². The largest absolute Gasteiger partial charge is 0.444 e. The lowest BCUT2D eigenvalue weighted by Crippen LogP contribution is -2.63. The molecule has 1 saturated heterocycles. The summed E-state index contributed by atoms with van der Waals surface area (Å²) in [6.07, 6.45) is -3.14. The van der Waals surface area contributed by atoms with Crippen molar-refractivity contribution in [2.24, 2.45) is 5.92 Å². The van der Waals surface area contributed by atoms with Gasteiger partial charge < -0.3 is 33.9 Å². The van der Waals surface area contributed by atoms with Gasteiger partial charge in [-0.05, 0) is 71.8 Å². The number of hydrogen-bond acceptors (Lipinski definition) is 10. The lowest BCUT2D eigenvalue weighted by atomic mass is 9.92. The zero-order valence-corrected chi connectivity index (χ0v) is 33.4. The van der Waals surface area contributed by atoms with Crippen LogP contribution in [0.1, 0.15) is 85.2 Å². The molecule has 0 spiro atoms. The minimum Gasteiger partial charge on any atom is -0.444 e. The first-order valence-corrected chi connectivity index (χ1v) is 20.2. The molecule has 53 heavy (non-hydrogen) atoms. The third-order valence-corrected chi connectivity index (χ3v) is 13.4. The maximum Gasteiger partial charge on any atom is 0.418 e. The Morgan fingerprint density at radius 1 is 0.925 bits per heavy atom. The average molecular weight is 765 g/mol. The number of alkyl halides is 3. The van der Waals surface area contributed by atoms with Crippen LogP contribution in [0, 0.1) is 5.92 Å². The Balaban J connectivity index is 1.70. The SMILES string of the molecule is C[C@H]1CN(c2ccncc2NC(=O)c2c(NC(=O)OC(C)(C)C)oc3cc(C(F)(F)F)cnc23)C[C@@H](NC(=O)OC(C)(C)C)[C@@H]1O[Si](C)(C)C(C)(C)C. The van der Waals surface area contributed by atoms with E-state index in [0.29, 0.717) is 24.5 Å². The lowest BCUT2D eigenvalue weighted by Gasteiger charge is -2.48. The van der Waals surface area contributed by atoms with Gasteiger partial charge in [0, 0.05) is 31.4 Å². The van der Waals surface area contributed by atoms with Crippen molar-refractivity contribution in [3.63, 3.8) is 0 Å². The number of carbonyl (C=O) groups excluding carboxylic acids is 3. The van der Waals surface area contributed by atoms with Gasteiger partial charge >= 0.3 is 18.4 Å². The molecule has 292 valence electrons. The van der Waals surface area contributed by atoms with Crippen LogP contribution in [0.4, 0.5) is 40.0 Å². The lowest BCUT2D eigenvalue weighted by molar-refractivity contribution is -0.137. The van der Waals surface area contributed by atoms with Crippen LogP contribution in [0.5, 0.6) is 0 Å². The monoisotopic (exact) mass is 764 g/mol. The molecule has 13 nitrogen and oxygen atoms in total. The molecule has 3 N–H and O–H groups in total. The molecule has 4 heterocycles. The number of nitrogens with one attached hydrogen (secondary N) is 3. The van der Waals surface area contributed by atoms with Crippen LogP contribution in [0.2, 0.25) is 18.1 Å². The summed E-state index contributed by atoms with van der Waals surface area (Å²) in [4.78, 5) is 50.0. The number of amides is 3. The zero-order valence-electron chi connectivity index (χ0n) is 32.4. The van der Waals surface area contributed by atoms with Gasteiger partial charge in [0.05, 0.1) is 35.3 Å². The molecule has 1 aliphatic rings. The number of alkyl carbamates (subject to hydrolysis) is 1. The summed E-state index contributed by atoms with van der Waals surface area (Å²) in [5.74, 6) is -1.41. The maximum absolute atomic E-state index is 14.0. The van der Waals surface area contributed by atoms with E-state index < -0.39 is 61.3 Å². The van der Waals surface area contributed by atoms with Crippen molar-refractivity contribution in [2.75, 3.05) is 28.6 Å². The Morgan fingerprint density at radius 3 is 2.13 bits per heavy atom. The minimum atomic E-state index is -4.74. The highest BCUT2D eigenvalue weighted by Gasteiger charge is 2.45. The second kappa shape index (κ2) is 14.8. The molecule has 0 unspecified atom stereocenters. The molecule has 0 aliphatic carbocycles. The summed E-state index contributed by atoms with van der Waals surface area (Å²) in [7, 11) is -2.30. The molecule has 3 aromatic rings. The number of nitrogens with zero attached hydrogens (tertiary/aromatic N) is 3. The third kappa shape index (κ3) is 10.4. The minimum absolute atomic E-state index is 0.0967. The number of carbonyl (C=O) groups is 3. The number of furan rings is 1. The molecule has 0 saturated carbocycles. The van der Waals surface area contributed by atoms with Gasteiger partial charge in [-0.2, -0.15) is 13.2 Å². The number of aromatic nitrogens is 2. The fourth-order valence-electron chi connectivity index (χ4n) is 5.54. The van der Waals surface area contributed by atoms with E-state index in [9.17, 15) is 27.6 Å². The Morgan fingerprint density at radius 2 is 1.55 bits per heavy atom. The number of rotatable bonds is 7. The van der Waals surface area contributed by atoms with Crippen molar-refractivity contribution in [2.45, 2.75) is 117 Å². The molecule has 0 bridgehead atoms. The van der Waals surface area contributed by atoms with E-state index in [2.05, 4.69) is 59.8 Å². The van der Waals surface area contributed by atoms with E-state index >= 15 is 0 Å². The average Bonchev–Trinajstić information content (AvgIpc) is 3.33. The highest BCUT2D eigenvalue weighted by atomic mass is 28.4. The Bertz CT molecular complexity index is 1830. The number of piperidine rings is 1. The van der Waals surface area contributed by atoms with Gasteiger partial charge in [-0.25, -0.2) is 9.59 Å². The van der Waals surface area contributed by atoms with Gasteiger partial charge in [0.1, 0.15) is 22.3 Å². The second-order valence-electron chi connectivity index (χ2n) is 16.8. The zero-order chi connectivity index (χ0) is 39.9. The first-order chi connectivity index (χ1) is 24.1. The van der Waals surface area contributed by atoms with Crippen LogP contribution < -0.4 is 20.9 Å². The number of pyridine rings is 2. The third-order valence-electron chi connectivity index (χ3n) is 8.91. The predicted octanol–water partition coefficient (Wildman–Crippen LogP) is 8.58. The van der Waals surface area contributed by atoms with Crippen LogP contribution >= 0.6 is 0 Å². The number of hydrogen-bond donors (Lipinski definition) is 3. The summed E-state index contributed by atoms with van der Waals surface area (Å²) in [5, 5.41) is 8.06. The summed E-state index contributed by atoms with van der Waals surface area (Å²) in [6, 6.07) is 1.88. The smallest absolute Gasteiger partial charge is 0.418 e. The predicted molar refractivity (Wildman–Crippen MR) is 198 cm³/mol. The standard InChI is InChI=1S/C36H51F3N6O7Si/c1-20-18-45(19-23(43-31(47)50-33(2,3)4)28(20)52-53(11,12)35(8,9)10)24-13-14-40-17-22(24)42-29(46)26-27-25(15-21(16-41-27)36(37,38)39)49-30(26)44-32(48)51-34(5,6)7/h13-17,20,23,28H,18-19H2,1-12H3,(H,42,46)(H,43,47)(H,44,48)/t20-,23+,28+/m0/s1. The number of anilines is 3. The molecule has 3 atom stereocenters. The van der Waals surface area contributed by atoms with E-state index in [1.165, 1.54) is 6.20 Å². The van der Waals surface area contributed by atoms with Crippen molar-refractivity contribution < 1.29 is 45.9 Å². The summed E-state index contributed by atoms with van der Waals surface area (Å²) < 4.78 is 64.0. The Hall–Kier alpha value is -4.38. The van der Waals surface area contributed by atoms with Crippen molar-refractivity contribution in [3.8, 4) is 0 Å². The highest BCUT2D eigenvalue weighted by molar-refractivity contribution is 6.74. The normalized spacial score (nSPS) is 18.8. The Labute approximate surface area is 308 Å². The number of ether oxygens (including phenoxy) is 2. The van der Waals surface area contributed by atoms with Crippen LogP contribution in [0.15, 0.2) is 35.1 Å². The quantitative estimate of drug-likeness (QED) is 0.199. The number of halogens is 3. The van der Waals surface area contributed by atoms with E-state index in [1.54, 1.807) is 53.8 Å². The van der Waals surface area contributed by atoms with E-state index in [1.807, 2.05) is 11.8 Å². The van der Waals surface area contributed by atoms with Crippen LogP contribution in [-0.2, 0) is 20.1 Å². The summed E-state index contributed by atoms with van der Waals surface area (Å²) in [5.41, 5.74) is -2.90. The number of fused-ring (bicyclic) bond motifs is 1. The van der Waals surface area contributed by atoms with Gasteiger partial charge in [0.25, 0.3) is 5.91 Å². The van der Waals surface area contributed by atoms with Gasteiger partial charge in [-0.1, -0.05) is 27.7 Å². The molecule has 4 rings (SSSR count). The molecular weight excluding hydrogens is 714 g/mol. The molecule has 17 heteroatoms. The molecular formula is C36H51F3N6O7Si. The molecule has 1 aliphatic heterocycles. The fraction of sp³-hybridized carbons (Fsp3) is 0.583. The van der Waals surface area contributed by atoms with E-state index in [0.717, 1.165) is 0 Å². The van der Waals surface area contributed by atoms with Crippen molar-refractivity contribution in [3.05, 3.63) is 41.9 Å². The van der Waals surface area contributed by atoms with E-state index in [-0.39, 0.29) is 46.0 Å². The first kappa shape index (κ1) is 41.4. The second-order valence-corrected chi connectivity index (χ2v) is 21.6. The fourth-order valence-corrected chi connectivity index (χ4v) is 6.97. The molecule has 3 aromatic heterocycles. The molecule has 0 aromatic carbocycles. The van der Waals surface area contributed by atoms with Crippen LogP contribution in [-0.4, -0.2) is 72.8 Å². The van der Waals surface area contributed by atoms with E-state index in [4.69, 9.17) is 18.3 Å². The van der Waals surface area contributed by atoms with Crippen molar-refractivity contribution in [1.82, 2.24) is 15.3 Å². The van der Waals surface area contributed by atoms with Crippen LogP contribution in [0.25, 0.3) is 11.1 Å². The summed E-state index contributed by atoms with van der Waals surface area (Å²) >= 11 is 0. The molecule has 1 fully saturated rings. The van der Waals surface area contributed by atoms with Gasteiger partial charge in [0.2, 0.25) is 5.88 Å². The molecule has 3 amide bonds. The maximum atomic E-state index is 14.0. The van der Waals surface area contributed by atoms with Crippen molar-refractivity contribution >= 4 is 54.8 Å². The highest BCUT2D eigenvalue weighted by Crippen LogP contribution is 2.41. The van der Waals surface area contributed by atoms with Gasteiger partial charge in [-0.3, -0.25) is 20.1 Å². The molecule has 0 radical (unpaired) electrons. The van der Waals surface area contributed by atoms with Crippen molar-refractivity contribution in [1.29, 1.82) is 0 Å².